The molecule has 0 bridgehead atoms. The van der Waals surface area contributed by atoms with Crippen LogP contribution >= 0.6 is 11.6 Å². The molecule has 3 rings (SSSR count). The first-order valence-corrected chi connectivity index (χ1v) is 5.65. The number of H-pyrrole nitrogens is 1. The van der Waals surface area contributed by atoms with Gasteiger partial charge in [-0.1, -0.05) is 29.8 Å². The molecule has 1 aromatic heterocycles. The highest BCUT2D eigenvalue weighted by Gasteiger charge is 2.04. The van der Waals surface area contributed by atoms with E-state index in [1.54, 1.807) is 6.33 Å². The summed E-state index contributed by atoms with van der Waals surface area (Å²) in [5.41, 5.74) is 3.70. The van der Waals surface area contributed by atoms with E-state index in [1.807, 2.05) is 42.5 Å². The summed E-state index contributed by atoms with van der Waals surface area (Å²) in [6.45, 7) is 0. The van der Waals surface area contributed by atoms with Crippen LogP contribution in [0, 0.1) is 0 Å². The lowest BCUT2D eigenvalue weighted by molar-refractivity contribution is 1.34. The van der Waals surface area contributed by atoms with Crippen molar-refractivity contribution >= 4 is 34.0 Å². The summed E-state index contributed by atoms with van der Waals surface area (Å²) in [5.74, 6) is 0. The lowest BCUT2D eigenvalue weighted by Crippen LogP contribution is -1.90. The minimum Gasteiger partial charge on any atom is -0.354 e. The van der Waals surface area contributed by atoms with Crippen LogP contribution in [-0.4, -0.2) is 9.97 Å². The van der Waals surface area contributed by atoms with Gasteiger partial charge < -0.3 is 10.3 Å². The summed E-state index contributed by atoms with van der Waals surface area (Å²) >= 11 is 6.20. The van der Waals surface area contributed by atoms with E-state index in [0.717, 1.165) is 22.4 Å². The van der Waals surface area contributed by atoms with Crippen molar-refractivity contribution in [3.63, 3.8) is 0 Å². The van der Waals surface area contributed by atoms with Gasteiger partial charge in [0, 0.05) is 5.69 Å². The smallest absolute Gasteiger partial charge is 0.0931 e. The Bertz CT molecular complexity index is 646. The van der Waals surface area contributed by atoms with E-state index in [2.05, 4.69) is 15.3 Å². The van der Waals surface area contributed by atoms with Gasteiger partial charge in [0.1, 0.15) is 0 Å². The molecule has 3 aromatic rings. The summed E-state index contributed by atoms with van der Waals surface area (Å²) in [6.07, 6.45) is 1.66. The molecule has 0 atom stereocenters. The van der Waals surface area contributed by atoms with Crippen molar-refractivity contribution in [2.75, 3.05) is 5.32 Å². The number of hydrogen-bond donors (Lipinski definition) is 2. The van der Waals surface area contributed by atoms with E-state index >= 15 is 0 Å². The molecule has 0 radical (unpaired) electrons. The second-order valence-corrected chi connectivity index (χ2v) is 4.15. The van der Waals surface area contributed by atoms with Crippen LogP contribution in [0.15, 0.2) is 48.8 Å². The number of nitrogens with one attached hydrogen (secondary N) is 2. The third-order valence-electron chi connectivity index (χ3n) is 2.56. The number of nitrogens with zero attached hydrogens (tertiary/aromatic N) is 1. The molecule has 3 nitrogen and oxygen atoms in total. The lowest BCUT2D eigenvalue weighted by atomic mass is 10.2. The van der Waals surface area contributed by atoms with Crippen molar-refractivity contribution in [1.29, 1.82) is 0 Å². The number of para-hydroxylation sites is 1. The highest BCUT2D eigenvalue weighted by Crippen LogP contribution is 2.28. The maximum Gasteiger partial charge on any atom is 0.0931 e. The molecule has 84 valence electrons. The summed E-state index contributed by atoms with van der Waals surface area (Å²) in [4.78, 5) is 7.24. The summed E-state index contributed by atoms with van der Waals surface area (Å²) < 4.78 is 0. The van der Waals surface area contributed by atoms with Crippen molar-refractivity contribution in [3.8, 4) is 0 Å². The molecule has 4 heteroatoms. The second-order valence-electron chi connectivity index (χ2n) is 3.74. The highest BCUT2D eigenvalue weighted by molar-refractivity contribution is 6.34. The summed E-state index contributed by atoms with van der Waals surface area (Å²) in [6, 6.07) is 13.7. The molecule has 17 heavy (non-hydrogen) atoms. The van der Waals surface area contributed by atoms with Gasteiger partial charge in [-0.05, 0) is 24.3 Å². The summed E-state index contributed by atoms with van der Waals surface area (Å²) in [7, 11) is 0. The third-order valence-corrected chi connectivity index (χ3v) is 2.87. The molecule has 2 N–H and O–H groups in total. The van der Waals surface area contributed by atoms with Crippen molar-refractivity contribution in [2.24, 2.45) is 0 Å². The Balaban J connectivity index is 2.02. The van der Waals surface area contributed by atoms with Crippen molar-refractivity contribution < 1.29 is 0 Å². The first kappa shape index (κ1) is 10.2. The first-order chi connectivity index (χ1) is 8.33. The molecule has 0 aliphatic rings. The van der Waals surface area contributed by atoms with Crippen molar-refractivity contribution in [3.05, 3.63) is 53.8 Å². The zero-order valence-electron chi connectivity index (χ0n) is 8.94. The molecule has 0 fully saturated rings. The SMILES string of the molecule is Clc1cc2[nH]cnc2cc1Nc1ccccc1. The fraction of sp³-hybridized carbons (Fsp3) is 0. The van der Waals surface area contributed by atoms with Crippen LogP contribution in [0.1, 0.15) is 0 Å². The van der Waals surface area contributed by atoms with E-state index in [9.17, 15) is 0 Å². The van der Waals surface area contributed by atoms with E-state index in [0.29, 0.717) is 5.02 Å². The quantitative estimate of drug-likeness (QED) is 0.715. The Hall–Kier alpha value is -2.00. The average Bonchev–Trinajstić information content (AvgIpc) is 2.78. The zero-order valence-corrected chi connectivity index (χ0v) is 9.70. The molecule has 0 spiro atoms. The molecule has 2 aromatic carbocycles. The predicted molar refractivity (Wildman–Crippen MR) is 70.8 cm³/mol. The maximum atomic E-state index is 6.20. The fourth-order valence-electron chi connectivity index (χ4n) is 1.73. The monoisotopic (exact) mass is 243 g/mol. The highest BCUT2D eigenvalue weighted by atomic mass is 35.5. The fourth-order valence-corrected chi connectivity index (χ4v) is 1.94. The van der Waals surface area contributed by atoms with Crippen LogP contribution in [0.3, 0.4) is 0 Å². The molecule has 1 heterocycles. The molecule has 0 aliphatic carbocycles. The first-order valence-electron chi connectivity index (χ1n) is 5.27. The minimum absolute atomic E-state index is 0.672. The van der Waals surface area contributed by atoms with Crippen molar-refractivity contribution in [1.82, 2.24) is 9.97 Å². The Kier molecular flexibility index (Phi) is 2.46. The van der Waals surface area contributed by atoms with Crippen LogP contribution < -0.4 is 5.32 Å². The number of aromatic nitrogens is 2. The van der Waals surface area contributed by atoms with Gasteiger partial charge in [0.05, 0.1) is 28.1 Å². The molecule has 0 unspecified atom stereocenters. The van der Waals surface area contributed by atoms with Gasteiger partial charge in [-0.3, -0.25) is 0 Å². The van der Waals surface area contributed by atoms with Gasteiger partial charge in [0.25, 0.3) is 0 Å². The number of halogens is 1. The average molecular weight is 244 g/mol. The van der Waals surface area contributed by atoms with Crippen LogP contribution in [-0.2, 0) is 0 Å². The van der Waals surface area contributed by atoms with E-state index in [-0.39, 0.29) is 0 Å². The van der Waals surface area contributed by atoms with Crippen LogP contribution in [0.25, 0.3) is 11.0 Å². The summed E-state index contributed by atoms with van der Waals surface area (Å²) in [5, 5.41) is 3.94. The number of anilines is 2. The number of benzene rings is 2. The number of fused-ring (bicyclic) bond motifs is 1. The van der Waals surface area contributed by atoms with Gasteiger partial charge in [-0.15, -0.1) is 0 Å². The Labute approximate surface area is 103 Å². The maximum absolute atomic E-state index is 6.20. The van der Waals surface area contributed by atoms with Gasteiger partial charge in [0.15, 0.2) is 0 Å². The Morgan fingerprint density at radius 1 is 1.12 bits per heavy atom. The Morgan fingerprint density at radius 3 is 2.76 bits per heavy atom. The zero-order chi connectivity index (χ0) is 11.7. The topological polar surface area (TPSA) is 40.7 Å². The standard InChI is InChI=1S/C13H10ClN3/c14-10-6-12-13(16-8-15-12)7-11(10)17-9-4-2-1-3-5-9/h1-8,17H,(H,15,16). The largest absolute Gasteiger partial charge is 0.354 e. The molecule has 0 amide bonds. The third kappa shape index (κ3) is 1.97. The van der Waals surface area contributed by atoms with Gasteiger partial charge in [0.2, 0.25) is 0 Å². The number of aromatic amines is 1. The van der Waals surface area contributed by atoms with E-state index in [1.165, 1.54) is 0 Å². The van der Waals surface area contributed by atoms with Crippen LogP contribution in [0.2, 0.25) is 5.02 Å². The Morgan fingerprint density at radius 2 is 1.94 bits per heavy atom. The minimum atomic E-state index is 0.672. The number of hydrogen-bond acceptors (Lipinski definition) is 2. The van der Waals surface area contributed by atoms with Gasteiger partial charge in [-0.25, -0.2) is 4.98 Å². The molecule has 0 saturated carbocycles. The molecule has 0 saturated heterocycles. The van der Waals surface area contributed by atoms with Crippen molar-refractivity contribution in [2.45, 2.75) is 0 Å². The lowest BCUT2D eigenvalue weighted by Gasteiger charge is -2.08. The normalized spacial score (nSPS) is 10.6. The van der Waals surface area contributed by atoms with E-state index < -0.39 is 0 Å². The van der Waals surface area contributed by atoms with Gasteiger partial charge >= 0.3 is 0 Å². The molecular formula is C13H10ClN3. The van der Waals surface area contributed by atoms with Crippen LogP contribution in [0.4, 0.5) is 11.4 Å². The molecular weight excluding hydrogens is 234 g/mol. The van der Waals surface area contributed by atoms with Gasteiger partial charge in [-0.2, -0.15) is 0 Å². The number of rotatable bonds is 2. The molecule has 0 aliphatic heterocycles. The predicted octanol–water partition coefficient (Wildman–Crippen LogP) is 3.96. The van der Waals surface area contributed by atoms with Crippen LogP contribution in [0.5, 0.6) is 0 Å². The second kappa shape index (κ2) is 4.11. The number of imidazole rings is 1. The van der Waals surface area contributed by atoms with E-state index in [4.69, 9.17) is 11.6 Å².